The summed E-state index contributed by atoms with van der Waals surface area (Å²) in [7, 11) is 5.97. The highest BCUT2D eigenvalue weighted by Crippen LogP contribution is 2.18. The average Bonchev–Trinajstić information content (AvgIpc) is 3.38. The number of carboxylic acids is 1. The first-order chi connectivity index (χ1) is 36.6. The molecule has 9 nitrogen and oxygen atoms in total. The van der Waals surface area contributed by atoms with E-state index in [1.165, 1.54) is 212 Å². The number of hydrogen-bond acceptors (Lipinski definition) is 7. The van der Waals surface area contributed by atoms with Crippen molar-refractivity contribution in [1.82, 2.24) is 0 Å². The number of allylic oxidation sites excluding steroid dienone is 6. The second kappa shape index (κ2) is 57.7. The Morgan fingerprint density at radius 2 is 0.747 bits per heavy atom. The highest BCUT2D eigenvalue weighted by Gasteiger charge is 2.25. The van der Waals surface area contributed by atoms with Crippen LogP contribution in [0.3, 0.4) is 0 Å². The third kappa shape index (κ3) is 59.0. The van der Waals surface area contributed by atoms with Crippen LogP contribution in [-0.2, 0) is 33.3 Å². The fourth-order valence-corrected chi connectivity index (χ4v) is 9.40. The lowest BCUT2D eigenvalue weighted by Gasteiger charge is -2.25. The number of hydrogen-bond donors (Lipinski definition) is 1. The van der Waals surface area contributed by atoms with E-state index in [0.717, 1.165) is 64.2 Å². The first kappa shape index (κ1) is 72.5. The molecule has 0 aromatic rings. The van der Waals surface area contributed by atoms with Crippen molar-refractivity contribution in [3.8, 4) is 0 Å². The SMILES string of the molecule is CCC/C=C\C/C=C\CCCCCCCC(=O)OC(COC(=O)CCCCCCCCCCCCCCCCCCCCCCCCCCC/C=C\CCCCCCCCCC)COC(OCC[N+](C)(C)C)C(=O)O. The molecule has 75 heavy (non-hydrogen) atoms. The molecule has 0 radical (unpaired) electrons. The molecule has 0 aliphatic rings. The number of quaternary nitrogens is 1. The summed E-state index contributed by atoms with van der Waals surface area (Å²) in [5.41, 5.74) is 0. The lowest BCUT2D eigenvalue weighted by atomic mass is 10.0. The van der Waals surface area contributed by atoms with Gasteiger partial charge in [0.25, 0.3) is 6.29 Å². The van der Waals surface area contributed by atoms with Crippen LogP contribution in [0.25, 0.3) is 0 Å². The van der Waals surface area contributed by atoms with Crippen molar-refractivity contribution in [3.63, 3.8) is 0 Å². The number of unbranched alkanes of at least 4 members (excludes halogenated alkanes) is 39. The summed E-state index contributed by atoms with van der Waals surface area (Å²) in [4.78, 5) is 37.4. The minimum absolute atomic E-state index is 0.184. The van der Waals surface area contributed by atoms with Crippen molar-refractivity contribution < 1.29 is 42.9 Å². The lowest BCUT2D eigenvalue weighted by Crippen LogP contribution is -2.40. The molecule has 0 saturated carbocycles. The van der Waals surface area contributed by atoms with Gasteiger partial charge < -0.3 is 28.5 Å². The maximum Gasteiger partial charge on any atom is 0.361 e. The van der Waals surface area contributed by atoms with Gasteiger partial charge in [0.2, 0.25) is 0 Å². The van der Waals surface area contributed by atoms with E-state index < -0.39 is 24.3 Å². The normalized spacial score (nSPS) is 12.9. The molecule has 0 saturated heterocycles. The quantitative estimate of drug-likeness (QED) is 0.0211. The summed E-state index contributed by atoms with van der Waals surface area (Å²) >= 11 is 0. The zero-order chi connectivity index (χ0) is 54.8. The van der Waals surface area contributed by atoms with Crippen LogP contribution >= 0.6 is 0 Å². The summed E-state index contributed by atoms with van der Waals surface area (Å²) in [5, 5.41) is 9.69. The molecule has 0 aromatic heterocycles. The molecule has 2 atom stereocenters. The summed E-state index contributed by atoms with van der Waals surface area (Å²) in [5.74, 6) is -2.01. The molecule has 0 amide bonds. The van der Waals surface area contributed by atoms with Crippen molar-refractivity contribution in [2.75, 3.05) is 47.5 Å². The summed E-state index contributed by atoms with van der Waals surface area (Å²) in [6.45, 7) is 4.83. The van der Waals surface area contributed by atoms with Gasteiger partial charge in [-0.25, -0.2) is 4.79 Å². The van der Waals surface area contributed by atoms with E-state index in [1.54, 1.807) is 0 Å². The number of carbonyl (C=O) groups excluding carboxylic acids is 2. The second-order valence-electron chi connectivity index (χ2n) is 23.1. The van der Waals surface area contributed by atoms with Crippen LogP contribution in [0.15, 0.2) is 36.5 Å². The number of aliphatic carboxylic acids is 1. The summed E-state index contributed by atoms with van der Waals surface area (Å²) in [6.07, 6.45) is 68.5. The van der Waals surface area contributed by atoms with Gasteiger partial charge in [-0.05, 0) is 64.2 Å². The van der Waals surface area contributed by atoms with Gasteiger partial charge >= 0.3 is 17.9 Å². The van der Waals surface area contributed by atoms with Gasteiger partial charge in [0, 0.05) is 12.8 Å². The molecule has 9 heteroatoms. The topological polar surface area (TPSA) is 108 Å². The predicted octanol–water partition coefficient (Wildman–Crippen LogP) is 19.2. The third-order valence-corrected chi connectivity index (χ3v) is 14.4. The van der Waals surface area contributed by atoms with Crippen LogP contribution in [0, 0.1) is 0 Å². The van der Waals surface area contributed by atoms with E-state index in [0.29, 0.717) is 23.9 Å². The Kier molecular flexibility index (Phi) is 55.8. The molecule has 0 spiro atoms. The first-order valence-corrected chi connectivity index (χ1v) is 32.2. The van der Waals surface area contributed by atoms with E-state index >= 15 is 0 Å². The fourth-order valence-electron chi connectivity index (χ4n) is 9.40. The monoisotopic (exact) mass is 1060 g/mol. The standard InChI is InChI=1S/C66H123NO8/c1-6-8-10-12-14-16-18-20-21-22-23-24-25-26-27-28-29-30-31-32-33-34-35-36-37-38-39-40-41-42-43-45-46-48-50-52-54-56-63(68)73-60-62(61-74-66(65(70)71)72-59-58-67(3,4)5)75-64(69)57-55-53-51-49-47-44-19-17-15-13-11-9-7-2/h11,13,17,19,22-23,62,66H,6-10,12,14-16,18,20-21,24-61H2,1-5H3/p+1/b13-11-,19-17-,23-22-. The molecule has 0 fully saturated rings. The summed E-state index contributed by atoms with van der Waals surface area (Å²) in [6, 6.07) is 0. The fraction of sp³-hybridized carbons (Fsp3) is 0.864. The molecule has 0 aliphatic carbocycles. The molecular weight excluding hydrogens is 935 g/mol. The summed E-state index contributed by atoms with van der Waals surface area (Å²) < 4.78 is 22.8. The van der Waals surface area contributed by atoms with Gasteiger partial charge in [0.15, 0.2) is 6.10 Å². The second-order valence-corrected chi connectivity index (χ2v) is 23.1. The van der Waals surface area contributed by atoms with Gasteiger partial charge in [-0.15, -0.1) is 0 Å². The first-order valence-electron chi connectivity index (χ1n) is 32.2. The molecule has 0 aliphatic heterocycles. The van der Waals surface area contributed by atoms with Crippen molar-refractivity contribution >= 4 is 17.9 Å². The number of esters is 2. The average molecular weight is 1060 g/mol. The van der Waals surface area contributed by atoms with Crippen LogP contribution in [0.1, 0.15) is 309 Å². The van der Waals surface area contributed by atoms with E-state index in [1.807, 2.05) is 21.1 Å². The van der Waals surface area contributed by atoms with Gasteiger partial charge in [-0.3, -0.25) is 9.59 Å². The maximum atomic E-state index is 12.8. The van der Waals surface area contributed by atoms with Crippen LogP contribution in [0.5, 0.6) is 0 Å². The van der Waals surface area contributed by atoms with Gasteiger partial charge in [0.05, 0.1) is 34.4 Å². The van der Waals surface area contributed by atoms with Crippen LogP contribution in [0.4, 0.5) is 0 Å². The van der Waals surface area contributed by atoms with Crippen molar-refractivity contribution in [3.05, 3.63) is 36.5 Å². The lowest BCUT2D eigenvalue weighted by molar-refractivity contribution is -0.870. The third-order valence-electron chi connectivity index (χ3n) is 14.4. The van der Waals surface area contributed by atoms with Crippen molar-refractivity contribution in [2.24, 2.45) is 0 Å². The van der Waals surface area contributed by atoms with E-state index in [-0.39, 0.29) is 32.2 Å². The minimum Gasteiger partial charge on any atom is -0.477 e. The van der Waals surface area contributed by atoms with E-state index in [2.05, 4.69) is 50.3 Å². The number of carbonyl (C=O) groups is 3. The Labute approximate surface area is 464 Å². The zero-order valence-electron chi connectivity index (χ0n) is 50.2. The molecule has 0 bridgehead atoms. The maximum absolute atomic E-state index is 12.8. The van der Waals surface area contributed by atoms with Gasteiger partial charge in [-0.2, -0.15) is 0 Å². The Hall–Kier alpha value is -2.49. The predicted molar refractivity (Wildman–Crippen MR) is 318 cm³/mol. The number of likely N-dealkylation sites (N-methyl/N-ethyl adjacent to an activating group) is 1. The minimum atomic E-state index is -1.51. The molecule has 440 valence electrons. The molecule has 1 N–H and O–H groups in total. The van der Waals surface area contributed by atoms with Gasteiger partial charge in [0.1, 0.15) is 13.2 Å². The molecule has 2 unspecified atom stereocenters. The largest absolute Gasteiger partial charge is 0.477 e. The van der Waals surface area contributed by atoms with E-state index in [9.17, 15) is 19.5 Å². The van der Waals surface area contributed by atoms with Gasteiger partial charge in [-0.1, -0.05) is 269 Å². The molecule has 0 aromatic carbocycles. The van der Waals surface area contributed by atoms with Crippen molar-refractivity contribution in [2.45, 2.75) is 322 Å². The zero-order valence-corrected chi connectivity index (χ0v) is 50.2. The molecule has 0 heterocycles. The highest BCUT2D eigenvalue weighted by molar-refractivity contribution is 5.71. The highest BCUT2D eigenvalue weighted by atomic mass is 16.7. The number of rotatable bonds is 60. The van der Waals surface area contributed by atoms with Crippen LogP contribution in [0.2, 0.25) is 0 Å². The van der Waals surface area contributed by atoms with Crippen LogP contribution in [-0.4, -0.2) is 87.4 Å². The van der Waals surface area contributed by atoms with E-state index in [4.69, 9.17) is 18.9 Å². The Bertz CT molecular complexity index is 1320. The Balaban J connectivity index is 3.92. The smallest absolute Gasteiger partial charge is 0.361 e. The Morgan fingerprint density at radius 3 is 1.12 bits per heavy atom. The van der Waals surface area contributed by atoms with Crippen LogP contribution < -0.4 is 0 Å². The number of ether oxygens (including phenoxy) is 4. The number of nitrogens with zero attached hydrogens (tertiary/aromatic N) is 1. The molecular formula is C66H124NO8+. The molecule has 0 rings (SSSR count). The Morgan fingerprint density at radius 1 is 0.400 bits per heavy atom. The van der Waals surface area contributed by atoms with Crippen molar-refractivity contribution in [1.29, 1.82) is 0 Å². The number of carboxylic acid groups (broad SMARTS) is 1.